The molecule has 0 aliphatic carbocycles. The third-order valence-electron chi connectivity index (χ3n) is 4.22. The molecule has 2 aromatic carbocycles. The number of aryl methyl sites for hydroxylation is 1. The van der Waals surface area contributed by atoms with Crippen molar-refractivity contribution in [1.29, 1.82) is 0 Å². The Balaban J connectivity index is 1.87. The Kier molecular flexibility index (Phi) is 5.65. The lowest BCUT2D eigenvalue weighted by atomic mass is 10.0. The topological polar surface area (TPSA) is 104 Å². The number of halogens is 1. The van der Waals surface area contributed by atoms with Crippen LogP contribution in [0.5, 0.6) is 0 Å². The highest BCUT2D eigenvalue weighted by molar-refractivity contribution is 6.32. The molecule has 144 valence electrons. The summed E-state index contributed by atoms with van der Waals surface area (Å²) in [5, 5.41) is 14.9. The fraction of sp³-hybridized carbons (Fsp3) is 0.150. The second-order valence-electron chi connectivity index (χ2n) is 6.33. The second-order valence-corrected chi connectivity index (χ2v) is 6.74. The van der Waals surface area contributed by atoms with E-state index in [-0.39, 0.29) is 12.1 Å². The molecular formula is C20H18ClN3O4. The molecule has 0 saturated carbocycles. The molecule has 0 radical (unpaired) electrons. The number of hydrogen-bond donors (Lipinski definition) is 3. The Bertz CT molecular complexity index is 1070. The lowest BCUT2D eigenvalue weighted by Crippen LogP contribution is -2.30. The zero-order chi connectivity index (χ0) is 20.3. The number of benzene rings is 2. The van der Waals surface area contributed by atoms with E-state index in [1.54, 1.807) is 36.4 Å². The van der Waals surface area contributed by atoms with Gasteiger partial charge < -0.3 is 10.4 Å². The van der Waals surface area contributed by atoms with E-state index < -0.39 is 23.5 Å². The van der Waals surface area contributed by atoms with Gasteiger partial charge in [-0.25, -0.2) is 4.68 Å². The fourth-order valence-electron chi connectivity index (χ4n) is 2.79. The maximum Gasteiger partial charge on any atom is 0.305 e. The number of H-pyrrole nitrogens is 1. The minimum atomic E-state index is -1.05. The van der Waals surface area contributed by atoms with Gasteiger partial charge in [-0.2, -0.15) is 0 Å². The first kappa shape index (κ1) is 19.4. The van der Waals surface area contributed by atoms with Gasteiger partial charge in [-0.15, -0.1) is 0 Å². The van der Waals surface area contributed by atoms with E-state index in [1.165, 1.54) is 0 Å². The SMILES string of the molecule is Cc1ccc([C@H](CC(=O)O)NC(=O)c2cc(=O)n(-c3ccccc3Cl)[nH]2)cc1. The summed E-state index contributed by atoms with van der Waals surface area (Å²) in [5.74, 6) is -1.64. The first-order chi connectivity index (χ1) is 13.3. The summed E-state index contributed by atoms with van der Waals surface area (Å²) in [6.45, 7) is 1.91. The molecule has 0 spiro atoms. The maximum absolute atomic E-state index is 12.6. The number of aliphatic carboxylic acids is 1. The lowest BCUT2D eigenvalue weighted by Gasteiger charge is -2.17. The van der Waals surface area contributed by atoms with Crippen molar-refractivity contribution in [3.63, 3.8) is 0 Å². The second kappa shape index (κ2) is 8.14. The summed E-state index contributed by atoms with van der Waals surface area (Å²) in [6, 6.07) is 14.3. The van der Waals surface area contributed by atoms with Crippen LogP contribution in [-0.2, 0) is 4.79 Å². The van der Waals surface area contributed by atoms with Crippen molar-refractivity contribution in [3.8, 4) is 5.69 Å². The van der Waals surface area contributed by atoms with Crippen LogP contribution in [0.3, 0.4) is 0 Å². The van der Waals surface area contributed by atoms with E-state index in [0.29, 0.717) is 16.3 Å². The van der Waals surface area contributed by atoms with Gasteiger partial charge in [0.1, 0.15) is 5.69 Å². The molecule has 3 rings (SSSR count). The van der Waals surface area contributed by atoms with Gasteiger partial charge in [-0.05, 0) is 24.6 Å². The monoisotopic (exact) mass is 399 g/mol. The van der Waals surface area contributed by atoms with Crippen LogP contribution in [-0.4, -0.2) is 26.8 Å². The molecule has 7 nitrogen and oxygen atoms in total. The van der Waals surface area contributed by atoms with Crippen molar-refractivity contribution in [2.75, 3.05) is 0 Å². The summed E-state index contributed by atoms with van der Waals surface area (Å²) >= 11 is 6.11. The van der Waals surface area contributed by atoms with Gasteiger partial charge in [0.05, 0.1) is 23.2 Å². The fourth-order valence-corrected chi connectivity index (χ4v) is 3.01. The van der Waals surface area contributed by atoms with Gasteiger partial charge in [0.2, 0.25) is 0 Å². The number of carbonyl (C=O) groups excluding carboxylic acids is 1. The summed E-state index contributed by atoms with van der Waals surface area (Å²) in [7, 11) is 0. The minimum Gasteiger partial charge on any atom is -0.481 e. The molecule has 1 aromatic heterocycles. The quantitative estimate of drug-likeness (QED) is 0.592. The molecule has 0 bridgehead atoms. The van der Waals surface area contributed by atoms with Crippen LogP contribution in [0.1, 0.15) is 34.1 Å². The third-order valence-corrected chi connectivity index (χ3v) is 4.54. The van der Waals surface area contributed by atoms with Gasteiger partial charge in [0.15, 0.2) is 0 Å². The molecular weight excluding hydrogens is 382 g/mol. The highest BCUT2D eigenvalue weighted by atomic mass is 35.5. The number of aromatic nitrogens is 2. The molecule has 8 heteroatoms. The van der Waals surface area contributed by atoms with E-state index in [1.807, 2.05) is 19.1 Å². The van der Waals surface area contributed by atoms with Crippen LogP contribution in [0.4, 0.5) is 0 Å². The summed E-state index contributed by atoms with van der Waals surface area (Å²) in [6.07, 6.45) is -0.287. The smallest absolute Gasteiger partial charge is 0.305 e. The molecule has 1 heterocycles. The van der Waals surface area contributed by atoms with Crippen LogP contribution in [0.25, 0.3) is 5.69 Å². The average molecular weight is 400 g/mol. The number of amides is 1. The highest BCUT2D eigenvalue weighted by Gasteiger charge is 2.21. The van der Waals surface area contributed by atoms with E-state index in [9.17, 15) is 19.5 Å². The summed E-state index contributed by atoms with van der Waals surface area (Å²) in [4.78, 5) is 36.1. The largest absolute Gasteiger partial charge is 0.481 e. The predicted octanol–water partition coefficient (Wildman–Crippen LogP) is 3.07. The molecule has 3 aromatic rings. The summed E-state index contributed by atoms with van der Waals surface area (Å²) in [5.41, 5.74) is 1.64. The zero-order valence-corrected chi connectivity index (χ0v) is 15.7. The number of nitrogens with one attached hydrogen (secondary N) is 2. The van der Waals surface area contributed by atoms with Crippen molar-refractivity contribution >= 4 is 23.5 Å². The normalized spacial score (nSPS) is 11.8. The van der Waals surface area contributed by atoms with E-state index in [0.717, 1.165) is 16.3 Å². The molecule has 0 fully saturated rings. The average Bonchev–Trinajstić information content (AvgIpc) is 3.03. The van der Waals surface area contributed by atoms with Crippen molar-refractivity contribution in [3.05, 3.63) is 86.8 Å². The Morgan fingerprint density at radius 2 is 1.86 bits per heavy atom. The number of carboxylic acids is 1. The number of nitrogens with zero attached hydrogens (tertiary/aromatic N) is 1. The number of para-hydroxylation sites is 1. The highest BCUT2D eigenvalue weighted by Crippen LogP contribution is 2.19. The molecule has 1 amide bonds. The van der Waals surface area contributed by atoms with Crippen LogP contribution in [0.2, 0.25) is 5.02 Å². The first-order valence-corrected chi connectivity index (χ1v) is 8.89. The van der Waals surface area contributed by atoms with Crippen molar-refractivity contribution in [1.82, 2.24) is 15.1 Å². The molecule has 0 saturated heterocycles. The van der Waals surface area contributed by atoms with Gasteiger partial charge in [-0.1, -0.05) is 53.6 Å². The van der Waals surface area contributed by atoms with E-state index in [2.05, 4.69) is 10.4 Å². The molecule has 3 N–H and O–H groups in total. The van der Waals surface area contributed by atoms with Crippen LogP contribution in [0.15, 0.2) is 59.4 Å². The first-order valence-electron chi connectivity index (χ1n) is 8.51. The molecule has 28 heavy (non-hydrogen) atoms. The standard InChI is InChI=1S/C20H18ClN3O4/c1-12-6-8-13(9-7-12)15(11-19(26)27)22-20(28)16-10-18(25)24(23-16)17-5-3-2-4-14(17)21/h2-10,15,23H,11H2,1H3,(H,22,28)(H,26,27)/t15-/m0/s1. The predicted molar refractivity (Wildman–Crippen MR) is 105 cm³/mol. The maximum atomic E-state index is 12.6. The molecule has 1 atom stereocenters. The van der Waals surface area contributed by atoms with Crippen molar-refractivity contribution < 1.29 is 14.7 Å². The van der Waals surface area contributed by atoms with Crippen LogP contribution >= 0.6 is 11.6 Å². The molecule has 0 aliphatic heterocycles. The Morgan fingerprint density at radius 1 is 1.18 bits per heavy atom. The van der Waals surface area contributed by atoms with E-state index >= 15 is 0 Å². The zero-order valence-electron chi connectivity index (χ0n) is 15.0. The number of carboxylic acid groups (broad SMARTS) is 1. The number of carbonyl (C=O) groups is 2. The number of hydrogen-bond acceptors (Lipinski definition) is 3. The number of aromatic amines is 1. The van der Waals surface area contributed by atoms with Gasteiger partial charge in [-0.3, -0.25) is 19.5 Å². The van der Waals surface area contributed by atoms with Crippen molar-refractivity contribution in [2.45, 2.75) is 19.4 Å². The Labute approximate surface area is 165 Å². The third kappa shape index (κ3) is 4.32. The summed E-state index contributed by atoms with van der Waals surface area (Å²) < 4.78 is 1.16. The van der Waals surface area contributed by atoms with Crippen LogP contribution < -0.4 is 10.9 Å². The Hall–Kier alpha value is -3.32. The lowest BCUT2D eigenvalue weighted by molar-refractivity contribution is -0.137. The Morgan fingerprint density at radius 3 is 2.50 bits per heavy atom. The van der Waals surface area contributed by atoms with E-state index in [4.69, 9.17) is 11.6 Å². The minimum absolute atomic E-state index is 0.00687. The van der Waals surface area contributed by atoms with Gasteiger partial charge >= 0.3 is 5.97 Å². The van der Waals surface area contributed by atoms with Gasteiger partial charge in [0.25, 0.3) is 11.5 Å². The van der Waals surface area contributed by atoms with Gasteiger partial charge in [0, 0.05) is 6.07 Å². The molecule has 0 aliphatic rings. The van der Waals surface area contributed by atoms with Crippen LogP contribution in [0, 0.1) is 6.92 Å². The van der Waals surface area contributed by atoms with Crippen molar-refractivity contribution in [2.24, 2.45) is 0 Å². The molecule has 0 unspecified atom stereocenters. The number of rotatable bonds is 6.